The maximum Gasteiger partial charge on any atom is 0.251 e. The third kappa shape index (κ3) is 1.94. The number of nitrogens with two attached hydrogens (primary N) is 1. The van der Waals surface area contributed by atoms with Crippen LogP contribution in [0.2, 0.25) is 0 Å². The van der Waals surface area contributed by atoms with Crippen molar-refractivity contribution >= 4 is 0 Å². The predicted octanol–water partition coefficient (Wildman–Crippen LogP) is 2.32. The van der Waals surface area contributed by atoms with Crippen molar-refractivity contribution < 1.29 is 9.26 Å². The Morgan fingerprint density at radius 3 is 2.55 bits per heavy atom. The molecule has 20 heavy (non-hydrogen) atoms. The summed E-state index contributed by atoms with van der Waals surface area (Å²) in [4.78, 5) is 4.50. The highest BCUT2D eigenvalue weighted by molar-refractivity contribution is 5.29. The summed E-state index contributed by atoms with van der Waals surface area (Å²) in [6.07, 6.45) is 2.97. The lowest BCUT2D eigenvalue weighted by molar-refractivity contribution is -0.0858. The lowest BCUT2D eigenvalue weighted by atomic mass is 9.79. The lowest BCUT2D eigenvalue weighted by Gasteiger charge is -2.37. The lowest BCUT2D eigenvalue weighted by Crippen LogP contribution is -2.38. The number of methoxy groups -OCH3 is 1. The van der Waals surface area contributed by atoms with Gasteiger partial charge in [-0.05, 0) is 31.7 Å². The third-order valence-corrected chi connectivity index (χ3v) is 4.20. The van der Waals surface area contributed by atoms with Crippen LogP contribution in [-0.4, -0.2) is 17.3 Å². The van der Waals surface area contributed by atoms with E-state index in [-0.39, 0.29) is 5.60 Å². The van der Waals surface area contributed by atoms with Gasteiger partial charge in [-0.2, -0.15) is 4.98 Å². The summed E-state index contributed by atoms with van der Waals surface area (Å²) in [6.45, 7) is 1.87. The number of ether oxygens (including phenoxy) is 1. The Balaban J connectivity index is 1.94. The molecule has 1 aromatic heterocycles. The molecule has 1 saturated carbocycles. The molecule has 1 aliphatic carbocycles. The highest BCUT2D eigenvalue weighted by atomic mass is 16.5. The van der Waals surface area contributed by atoms with Gasteiger partial charge in [0.25, 0.3) is 5.89 Å². The first kappa shape index (κ1) is 13.3. The van der Waals surface area contributed by atoms with E-state index in [1.807, 2.05) is 37.3 Å². The van der Waals surface area contributed by atoms with Crippen molar-refractivity contribution in [3.63, 3.8) is 0 Å². The molecule has 0 aliphatic heterocycles. The van der Waals surface area contributed by atoms with Gasteiger partial charge in [0.1, 0.15) is 11.1 Å². The number of aromatic nitrogens is 2. The van der Waals surface area contributed by atoms with Crippen LogP contribution in [0.1, 0.15) is 43.5 Å². The first-order chi connectivity index (χ1) is 9.58. The molecule has 0 bridgehead atoms. The van der Waals surface area contributed by atoms with Crippen molar-refractivity contribution in [2.45, 2.75) is 37.3 Å². The normalized spacial score (nSPS) is 20.1. The van der Waals surface area contributed by atoms with Crippen LogP contribution in [0.25, 0.3) is 0 Å². The molecule has 5 heteroatoms. The zero-order chi connectivity index (χ0) is 14.2. The van der Waals surface area contributed by atoms with Gasteiger partial charge in [-0.25, -0.2) is 0 Å². The van der Waals surface area contributed by atoms with Crippen molar-refractivity contribution in [3.8, 4) is 0 Å². The molecule has 5 nitrogen and oxygen atoms in total. The molecule has 0 amide bonds. The van der Waals surface area contributed by atoms with Gasteiger partial charge in [0.05, 0.1) is 0 Å². The summed E-state index contributed by atoms with van der Waals surface area (Å²) in [7, 11) is 1.69. The molecule has 3 rings (SSSR count). The topological polar surface area (TPSA) is 74.2 Å². The molecule has 2 aromatic rings. The van der Waals surface area contributed by atoms with E-state index in [9.17, 15) is 0 Å². The second kappa shape index (κ2) is 4.68. The summed E-state index contributed by atoms with van der Waals surface area (Å²) in [6, 6.07) is 9.76. The van der Waals surface area contributed by atoms with Crippen LogP contribution in [0.4, 0.5) is 0 Å². The van der Waals surface area contributed by atoms with Gasteiger partial charge in [0, 0.05) is 7.11 Å². The number of benzene rings is 1. The van der Waals surface area contributed by atoms with Crippen LogP contribution in [-0.2, 0) is 15.9 Å². The van der Waals surface area contributed by atoms with Gasteiger partial charge >= 0.3 is 0 Å². The van der Waals surface area contributed by atoms with Gasteiger partial charge in [0.15, 0.2) is 0 Å². The summed E-state index contributed by atoms with van der Waals surface area (Å²) < 4.78 is 11.0. The minimum Gasteiger partial charge on any atom is -0.370 e. The molecule has 1 atom stereocenters. The van der Waals surface area contributed by atoms with E-state index in [4.69, 9.17) is 15.0 Å². The molecule has 1 aliphatic rings. The summed E-state index contributed by atoms with van der Waals surface area (Å²) >= 11 is 0. The van der Waals surface area contributed by atoms with Crippen molar-refractivity contribution in [3.05, 3.63) is 47.6 Å². The second-order valence-electron chi connectivity index (χ2n) is 5.54. The van der Waals surface area contributed by atoms with Crippen LogP contribution in [0.3, 0.4) is 0 Å². The largest absolute Gasteiger partial charge is 0.370 e. The Bertz CT molecular complexity index is 583. The van der Waals surface area contributed by atoms with E-state index in [0.29, 0.717) is 11.7 Å². The van der Waals surface area contributed by atoms with Crippen LogP contribution >= 0.6 is 0 Å². The molecule has 1 heterocycles. The summed E-state index contributed by atoms with van der Waals surface area (Å²) in [5, 5.41) is 4.08. The van der Waals surface area contributed by atoms with Crippen LogP contribution in [0.5, 0.6) is 0 Å². The molecular weight excluding hydrogens is 254 g/mol. The van der Waals surface area contributed by atoms with E-state index in [1.165, 1.54) is 0 Å². The molecule has 1 unspecified atom stereocenters. The van der Waals surface area contributed by atoms with E-state index in [1.54, 1.807) is 7.11 Å². The van der Waals surface area contributed by atoms with Gasteiger partial charge in [-0.3, -0.25) is 0 Å². The van der Waals surface area contributed by atoms with E-state index in [2.05, 4.69) is 10.1 Å². The molecular formula is C15H19N3O2. The van der Waals surface area contributed by atoms with Gasteiger partial charge < -0.3 is 15.0 Å². The van der Waals surface area contributed by atoms with Gasteiger partial charge in [-0.15, -0.1) is 0 Å². The number of hydrogen-bond acceptors (Lipinski definition) is 5. The molecule has 106 valence electrons. The minimum atomic E-state index is -0.800. The maximum absolute atomic E-state index is 6.38. The average Bonchev–Trinajstić information content (AvgIpc) is 2.90. The molecule has 0 radical (unpaired) electrons. The molecule has 1 fully saturated rings. The number of nitrogens with zero attached hydrogens (tertiary/aromatic N) is 2. The Labute approximate surface area is 118 Å². The fourth-order valence-electron chi connectivity index (χ4n) is 2.54. The summed E-state index contributed by atoms with van der Waals surface area (Å²) in [5.74, 6) is 1.02. The smallest absolute Gasteiger partial charge is 0.251 e. The van der Waals surface area contributed by atoms with Crippen LogP contribution in [0, 0.1) is 0 Å². The fraction of sp³-hybridized carbons (Fsp3) is 0.467. The Morgan fingerprint density at radius 2 is 2.00 bits per heavy atom. The Morgan fingerprint density at radius 1 is 1.30 bits per heavy atom. The zero-order valence-corrected chi connectivity index (χ0v) is 11.8. The third-order valence-electron chi connectivity index (χ3n) is 4.20. The molecule has 0 spiro atoms. The first-order valence-electron chi connectivity index (χ1n) is 6.83. The van der Waals surface area contributed by atoms with Crippen molar-refractivity contribution in [2.75, 3.05) is 7.11 Å². The quantitative estimate of drug-likeness (QED) is 0.925. The highest BCUT2D eigenvalue weighted by Crippen LogP contribution is 2.43. The van der Waals surface area contributed by atoms with E-state index < -0.39 is 5.54 Å². The van der Waals surface area contributed by atoms with Crippen molar-refractivity contribution in [2.24, 2.45) is 5.73 Å². The van der Waals surface area contributed by atoms with Gasteiger partial charge in [-0.1, -0.05) is 35.5 Å². The molecule has 2 N–H and O–H groups in total. The number of rotatable bonds is 4. The van der Waals surface area contributed by atoms with Crippen molar-refractivity contribution in [1.82, 2.24) is 10.1 Å². The van der Waals surface area contributed by atoms with E-state index >= 15 is 0 Å². The SMILES string of the molecule is COC1(c2noc(C(C)(N)c3ccccc3)n2)CCC1. The predicted molar refractivity (Wildman–Crippen MR) is 73.9 cm³/mol. The summed E-state index contributed by atoms with van der Waals surface area (Å²) in [5.41, 5.74) is 6.14. The first-order valence-corrected chi connectivity index (χ1v) is 6.83. The van der Waals surface area contributed by atoms with Crippen molar-refractivity contribution in [1.29, 1.82) is 0 Å². The monoisotopic (exact) mass is 273 g/mol. The zero-order valence-electron chi connectivity index (χ0n) is 11.8. The maximum atomic E-state index is 6.38. The Kier molecular flexibility index (Phi) is 3.11. The highest BCUT2D eigenvalue weighted by Gasteiger charge is 2.44. The fourth-order valence-corrected chi connectivity index (χ4v) is 2.54. The van der Waals surface area contributed by atoms with Crippen LogP contribution in [0.15, 0.2) is 34.9 Å². The standard InChI is InChI=1S/C15H19N3O2/c1-14(16,11-7-4-3-5-8-11)13-17-12(18-20-13)15(19-2)9-6-10-15/h3-5,7-8H,6,9-10,16H2,1-2H3. The second-order valence-corrected chi connectivity index (χ2v) is 5.54. The van der Waals surface area contributed by atoms with Crippen LogP contribution < -0.4 is 5.73 Å². The average molecular weight is 273 g/mol. The molecule has 0 saturated heterocycles. The molecule has 1 aromatic carbocycles. The van der Waals surface area contributed by atoms with Gasteiger partial charge in [0.2, 0.25) is 5.82 Å². The van der Waals surface area contributed by atoms with E-state index in [0.717, 1.165) is 24.8 Å². The Hall–Kier alpha value is -1.72. The minimum absolute atomic E-state index is 0.380. The number of hydrogen-bond donors (Lipinski definition) is 1.